The van der Waals surface area contributed by atoms with E-state index >= 15 is 0 Å². The Hall–Kier alpha value is -1.89. The average Bonchev–Trinajstić information content (AvgIpc) is 2.92. The van der Waals surface area contributed by atoms with Crippen LogP contribution in [0.3, 0.4) is 0 Å². The third-order valence-electron chi connectivity index (χ3n) is 3.43. The van der Waals surface area contributed by atoms with Crippen LogP contribution in [-0.4, -0.2) is 27.8 Å². The number of rotatable bonds is 3. The van der Waals surface area contributed by atoms with Gasteiger partial charge in [0.2, 0.25) is 5.91 Å². The molecule has 7 heteroatoms. The van der Waals surface area contributed by atoms with E-state index < -0.39 is 4.92 Å². The highest BCUT2D eigenvalue weighted by Gasteiger charge is 2.47. The molecule has 0 bridgehead atoms. The molecule has 2 atom stereocenters. The van der Waals surface area contributed by atoms with Gasteiger partial charge in [-0.15, -0.1) is 0 Å². The molecule has 1 aliphatic carbocycles. The van der Waals surface area contributed by atoms with Crippen LogP contribution in [0, 0.1) is 10.1 Å². The third kappa shape index (κ3) is 1.67. The van der Waals surface area contributed by atoms with E-state index in [4.69, 9.17) is 10.2 Å². The predicted molar refractivity (Wildman–Crippen MR) is 60.6 cm³/mol. The molecule has 18 heavy (non-hydrogen) atoms. The van der Waals surface area contributed by atoms with E-state index in [2.05, 4.69) is 0 Å². The molecule has 1 saturated carbocycles. The van der Waals surface area contributed by atoms with Crippen molar-refractivity contribution in [2.45, 2.75) is 37.4 Å². The van der Waals surface area contributed by atoms with Crippen LogP contribution in [0.25, 0.3) is 0 Å². The summed E-state index contributed by atoms with van der Waals surface area (Å²) in [6, 6.07) is 2.34. The van der Waals surface area contributed by atoms with Crippen LogP contribution in [0.15, 0.2) is 16.5 Å². The van der Waals surface area contributed by atoms with E-state index in [9.17, 15) is 14.9 Å². The lowest BCUT2D eigenvalue weighted by Crippen LogP contribution is -2.34. The minimum Gasteiger partial charge on any atom is -0.404 e. The maximum absolute atomic E-state index is 11.9. The number of nitro groups is 1. The topological polar surface area (TPSA) is 103 Å². The fraction of sp³-hybridized carbons (Fsp3) is 0.545. The van der Waals surface area contributed by atoms with E-state index in [0.29, 0.717) is 5.76 Å². The number of nitrogens with two attached hydrogens (primary N) is 1. The zero-order chi connectivity index (χ0) is 12.9. The standard InChI is InChI=1S/C11H13N3O4/c12-7-5-9(15)13(6-1-2-6)11(7)8-3-4-10(18-8)14(16)17/h3-4,6-7,11H,1-2,5,12H2. The van der Waals surface area contributed by atoms with E-state index in [-0.39, 0.29) is 36.3 Å². The van der Waals surface area contributed by atoms with Crippen molar-refractivity contribution in [3.8, 4) is 0 Å². The first-order valence-electron chi connectivity index (χ1n) is 5.89. The second kappa shape index (κ2) is 3.81. The third-order valence-corrected chi connectivity index (χ3v) is 3.43. The summed E-state index contributed by atoms with van der Waals surface area (Å²) in [5.74, 6) is 0.105. The van der Waals surface area contributed by atoms with Crippen LogP contribution in [0.4, 0.5) is 5.88 Å². The Bertz CT molecular complexity index is 508. The molecule has 0 radical (unpaired) electrons. The normalized spacial score (nSPS) is 27.8. The number of likely N-dealkylation sites (tertiary alicyclic amines) is 1. The summed E-state index contributed by atoms with van der Waals surface area (Å²) in [5.41, 5.74) is 5.95. The minimum absolute atomic E-state index is 0.00838. The highest BCUT2D eigenvalue weighted by atomic mass is 16.6. The van der Waals surface area contributed by atoms with Crippen molar-refractivity contribution in [1.82, 2.24) is 4.90 Å². The number of amides is 1. The van der Waals surface area contributed by atoms with Gasteiger partial charge in [0.15, 0.2) is 0 Å². The maximum Gasteiger partial charge on any atom is 0.433 e. The monoisotopic (exact) mass is 251 g/mol. The molecular weight excluding hydrogens is 238 g/mol. The Morgan fingerprint density at radius 2 is 2.17 bits per heavy atom. The molecule has 7 nitrogen and oxygen atoms in total. The van der Waals surface area contributed by atoms with Crippen molar-refractivity contribution >= 4 is 11.8 Å². The molecule has 0 spiro atoms. The summed E-state index contributed by atoms with van der Waals surface area (Å²) in [5, 5.41) is 10.6. The number of carbonyl (C=O) groups excluding carboxylic acids is 1. The van der Waals surface area contributed by atoms with Crippen molar-refractivity contribution in [2.24, 2.45) is 5.73 Å². The minimum atomic E-state index is -0.590. The highest BCUT2D eigenvalue weighted by Crippen LogP contribution is 2.42. The van der Waals surface area contributed by atoms with Crippen LogP contribution in [0.5, 0.6) is 0 Å². The zero-order valence-electron chi connectivity index (χ0n) is 9.61. The first-order chi connectivity index (χ1) is 8.58. The van der Waals surface area contributed by atoms with Gasteiger partial charge in [-0.1, -0.05) is 0 Å². The smallest absolute Gasteiger partial charge is 0.404 e. The molecule has 3 rings (SSSR count). The van der Waals surface area contributed by atoms with Crippen molar-refractivity contribution in [1.29, 1.82) is 0 Å². The Morgan fingerprint density at radius 1 is 1.44 bits per heavy atom. The largest absolute Gasteiger partial charge is 0.433 e. The molecule has 1 aliphatic heterocycles. The van der Waals surface area contributed by atoms with Gasteiger partial charge < -0.3 is 15.1 Å². The molecular formula is C11H13N3O4. The molecule has 1 amide bonds. The summed E-state index contributed by atoms with van der Waals surface area (Å²) in [7, 11) is 0. The Balaban J connectivity index is 1.92. The first kappa shape index (κ1) is 11.2. The summed E-state index contributed by atoms with van der Waals surface area (Å²) >= 11 is 0. The molecule has 2 unspecified atom stereocenters. The van der Waals surface area contributed by atoms with Crippen molar-refractivity contribution < 1.29 is 14.1 Å². The number of hydrogen-bond donors (Lipinski definition) is 1. The van der Waals surface area contributed by atoms with Crippen LogP contribution in [-0.2, 0) is 4.79 Å². The summed E-state index contributed by atoms with van der Waals surface area (Å²) < 4.78 is 5.18. The average molecular weight is 251 g/mol. The summed E-state index contributed by atoms with van der Waals surface area (Å²) in [6.45, 7) is 0. The van der Waals surface area contributed by atoms with E-state index in [0.717, 1.165) is 12.8 Å². The Kier molecular flexibility index (Phi) is 2.37. The van der Waals surface area contributed by atoms with Crippen molar-refractivity contribution in [2.75, 3.05) is 0 Å². The molecule has 96 valence electrons. The van der Waals surface area contributed by atoms with Gasteiger partial charge in [0, 0.05) is 18.5 Å². The Morgan fingerprint density at radius 3 is 2.72 bits per heavy atom. The van der Waals surface area contributed by atoms with Gasteiger partial charge in [-0.05, 0) is 18.9 Å². The number of nitrogens with zero attached hydrogens (tertiary/aromatic N) is 2. The summed E-state index contributed by atoms with van der Waals surface area (Å²) in [4.78, 5) is 23.6. The molecule has 2 N–H and O–H groups in total. The highest BCUT2D eigenvalue weighted by molar-refractivity contribution is 5.81. The van der Waals surface area contributed by atoms with Gasteiger partial charge in [-0.2, -0.15) is 0 Å². The van der Waals surface area contributed by atoms with Gasteiger partial charge in [-0.3, -0.25) is 14.9 Å². The molecule has 1 aromatic heterocycles. The molecule has 2 fully saturated rings. The van der Waals surface area contributed by atoms with Gasteiger partial charge in [0.25, 0.3) is 0 Å². The zero-order valence-corrected chi connectivity index (χ0v) is 9.61. The molecule has 1 aromatic rings. The van der Waals surface area contributed by atoms with Crippen molar-refractivity contribution in [3.05, 3.63) is 28.0 Å². The molecule has 1 saturated heterocycles. The van der Waals surface area contributed by atoms with Crippen LogP contribution < -0.4 is 5.73 Å². The fourth-order valence-electron chi connectivity index (χ4n) is 2.51. The van der Waals surface area contributed by atoms with E-state index in [1.54, 1.807) is 4.90 Å². The van der Waals surface area contributed by atoms with Crippen LogP contribution in [0.2, 0.25) is 0 Å². The van der Waals surface area contributed by atoms with Gasteiger partial charge >= 0.3 is 5.88 Å². The maximum atomic E-state index is 11.9. The van der Waals surface area contributed by atoms with E-state index in [1.165, 1.54) is 12.1 Å². The fourth-order valence-corrected chi connectivity index (χ4v) is 2.51. The van der Waals surface area contributed by atoms with Gasteiger partial charge in [0.1, 0.15) is 16.7 Å². The number of furan rings is 1. The predicted octanol–water partition coefficient (Wildman–Crippen LogP) is 0.951. The van der Waals surface area contributed by atoms with Crippen molar-refractivity contribution in [3.63, 3.8) is 0 Å². The van der Waals surface area contributed by atoms with Crippen LogP contribution >= 0.6 is 0 Å². The lowest BCUT2D eigenvalue weighted by atomic mass is 10.1. The number of carbonyl (C=O) groups is 1. The molecule has 2 aliphatic rings. The first-order valence-corrected chi connectivity index (χ1v) is 5.89. The molecule has 0 aromatic carbocycles. The van der Waals surface area contributed by atoms with Gasteiger partial charge in [-0.25, -0.2) is 0 Å². The number of hydrogen-bond acceptors (Lipinski definition) is 5. The quantitative estimate of drug-likeness (QED) is 0.636. The lowest BCUT2D eigenvalue weighted by molar-refractivity contribution is -0.402. The van der Waals surface area contributed by atoms with E-state index in [1.807, 2.05) is 0 Å². The SMILES string of the molecule is NC1CC(=O)N(C2CC2)C1c1ccc([N+](=O)[O-])o1. The van der Waals surface area contributed by atoms with Gasteiger partial charge in [0.05, 0.1) is 6.07 Å². The molecule has 2 heterocycles. The second-order valence-corrected chi connectivity index (χ2v) is 4.78. The summed E-state index contributed by atoms with van der Waals surface area (Å²) in [6.07, 6.45) is 2.21. The Labute approximate surface area is 103 Å². The second-order valence-electron chi connectivity index (χ2n) is 4.78. The lowest BCUT2D eigenvalue weighted by Gasteiger charge is -2.24. The van der Waals surface area contributed by atoms with Crippen LogP contribution in [0.1, 0.15) is 31.1 Å².